The maximum Gasteiger partial charge on any atom is 0.254 e. The normalized spacial score (nSPS) is 22.3. The fourth-order valence-corrected chi connectivity index (χ4v) is 6.12. The van der Waals surface area contributed by atoms with Gasteiger partial charge < -0.3 is 19.9 Å². The van der Waals surface area contributed by atoms with Crippen LogP contribution in [-0.4, -0.2) is 65.5 Å². The van der Waals surface area contributed by atoms with E-state index < -0.39 is 0 Å². The lowest BCUT2D eigenvalue weighted by molar-refractivity contribution is 0.0691. The summed E-state index contributed by atoms with van der Waals surface area (Å²) in [6, 6.07) is 14.3. The number of piperidine rings is 1. The molecule has 0 unspecified atom stereocenters. The summed E-state index contributed by atoms with van der Waals surface area (Å²) in [5.74, 6) is 0.957. The molecule has 2 aromatic rings. The van der Waals surface area contributed by atoms with Crippen molar-refractivity contribution in [1.82, 2.24) is 15.1 Å². The third-order valence-electron chi connectivity index (χ3n) is 8.37. The average Bonchev–Trinajstić information content (AvgIpc) is 3.26. The Morgan fingerprint density at radius 2 is 1.59 bits per heavy atom. The van der Waals surface area contributed by atoms with Gasteiger partial charge in [-0.05, 0) is 101 Å². The summed E-state index contributed by atoms with van der Waals surface area (Å²) in [6.07, 6.45) is 6.12. The quantitative estimate of drug-likeness (QED) is 0.617. The number of rotatable bonds is 5. The Labute approximate surface area is 220 Å². The molecule has 0 aliphatic carbocycles. The average molecular weight is 502 g/mol. The van der Waals surface area contributed by atoms with Gasteiger partial charge in [-0.3, -0.25) is 9.59 Å². The molecule has 0 aromatic heterocycles. The first-order chi connectivity index (χ1) is 17.9. The Kier molecular flexibility index (Phi) is 7.13. The first-order valence-electron chi connectivity index (χ1n) is 13.8. The molecule has 2 aromatic carbocycles. The molecule has 0 bridgehead atoms. The van der Waals surface area contributed by atoms with Gasteiger partial charge in [-0.25, -0.2) is 0 Å². The monoisotopic (exact) mass is 501 g/mol. The highest BCUT2D eigenvalue weighted by Crippen LogP contribution is 2.43. The van der Waals surface area contributed by atoms with Gasteiger partial charge in [0.1, 0.15) is 11.4 Å². The maximum atomic E-state index is 13.5. The number of likely N-dealkylation sites (tertiary alicyclic amines) is 1. The van der Waals surface area contributed by atoms with Crippen LogP contribution in [0.5, 0.6) is 5.75 Å². The predicted octanol–water partition coefficient (Wildman–Crippen LogP) is 5.13. The molecule has 2 saturated heterocycles. The van der Waals surface area contributed by atoms with Crippen LogP contribution in [-0.2, 0) is 0 Å². The van der Waals surface area contributed by atoms with Crippen LogP contribution in [0.25, 0.3) is 5.57 Å². The van der Waals surface area contributed by atoms with Crippen molar-refractivity contribution >= 4 is 17.4 Å². The second kappa shape index (κ2) is 10.3. The molecule has 196 valence electrons. The summed E-state index contributed by atoms with van der Waals surface area (Å²) in [5, 5.41) is 3.44. The standard InChI is InChI=1S/C31H39N3O3/c1-5-33(6-2)29(35)24-11-9-23(10-12-24)27-20-31(15-17-32-18-16-31)37-28-14-13-25(19-26(27)28)30(36)34-21(3)7-8-22(34)4/h9-14,19-22,32H,5-8,15-18H2,1-4H3/t21-,22-/m1/s1. The fourth-order valence-electron chi connectivity index (χ4n) is 6.12. The Bertz CT molecular complexity index is 1180. The minimum Gasteiger partial charge on any atom is -0.482 e. The first-order valence-corrected chi connectivity index (χ1v) is 13.8. The highest BCUT2D eigenvalue weighted by molar-refractivity contribution is 5.98. The number of nitrogens with zero attached hydrogens (tertiary/aromatic N) is 2. The van der Waals surface area contributed by atoms with Crippen molar-refractivity contribution < 1.29 is 14.3 Å². The van der Waals surface area contributed by atoms with Crippen molar-refractivity contribution in [3.05, 3.63) is 70.8 Å². The molecule has 3 aliphatic rings. The summed E-state index contributed by atoms with van der Waals surface area (Å²) in [7, 11) is 0. The van der Waals surface area contributed by atoms with Gasteiger partial charge in [0.2, 0.25) is 0 Å². The number of nitrogens with one attached hydrogen (secondary N) is 1. The lowest BCUT2D eigenvalue weighted by atomic mass is 9.83. The molecule has 37 heavy (non-hydrogen) atoms. The number of hydrogen-bond acceptors (Lipinski definition) is 4. The van der Waals surface area contributed by atoms with Crippen LogP contribution < -0.4 is 10.1 Å². The summed E-state index contributed by atoms with van der Waals surface area (Å²) in [4.78, 5) is 30.3. The van der Waals surface area contributed by atoms with E-state index in [0.717, 1.165) is 61.2 Å². The van der Waals surface area contributed by atoms with Crippen molar-refractivity contribution in [3.8, 4) is 5.75 Å². The van der Waals surface area contributed by atoms with E-state index in [2.05, 4.69) is 25.2 Å². The van der Waals surface area contributed by atoms with Crippen molar-refractivity contribution in [2.24, 2.45) is 0 Å². The third kappa shape index (κ3) is 4.79. The number of benzene rings is 2. The predicted molar refractivity (Wildman–Crippen MR) is 147 cm³/mol. The molecule has 1 spiro atoms. The van der Waals surface area contributed by atoms with E-state index in [4.69, 9.17) is 4.74 Å². The van der Waals surface area contributed by atoms with Crippen molar-refractivity contribution in [1.29, 1.82) is 0 Å². The molecule has 2 amide bonds. The van der Waals surface area contributed by atoms with Gasteiger partial charge in [0.25, 0.3) is 11.8 Å². The maximum absolute atomic E-state index is 13.5. The van der Waals surface area contributed by atoms with Gasteiger partial charge in [0, 0.05) is 54.7 Å². The molecule has 3 heterocycles. The Balaban J connectivity index is 1.53. The summed E-state index contributed by atoms with van der Waals surface area (Å²) in [6.45, 7) is 11.5. The molecule has 6 heteroatoms. The van der Waals surface area contributed by atoms with Gasteiger partial charge in [-0.1, -0.05) is 12.1 Å². The minimum absolute atomic E-state index is 0.0504. The topological polar surface area (TPSA) is 61.9 Å². The van der Waals surface area contributed by atoms with Crippen LogP contribution in [0.4, 0.5) is 0 Å². The summed E-state index contributed by atoms with van der Waals surface area (Å²) >= 11 is 0. The van der Waals surface area contributed by atoms with Crippen LogP contribution in [0.1, 0.15) is 85.2 Å². The second-order valence-electron chi connectivity index (χ2n) is 10.7. The summed E-state index contributed by atoms with van der Waals surface area (Å²) < 4.78 is 6.64. The number of hydrogen-bond donors (Lipinski definition) is 1. The van der Waals surface area contributed by atoms with E-state index >= 15 is 0 Å². The van der Waals surface area contributed by atoms with Crippen LogP contribution >= 0.6 is 0 Å². The van der Waals surface area contributed by atoms with Gasteiger partial charge in [-0.2, -0.15) is 0 Å². The Hall–Kier alpha value is -3.12. The van der Waals surface area contributed by atoms with E-state index in [0.29, 0.717) is 24.2 Å². The second-order valence-corrected chi connectivity index (χ2v) is 10.7. The number of carbonyl (C=O) groups excluding carboxylic acids is 2. The van der Waals surface area contributed by atoms with E-state index in [-0.39, 0.29) is 29.5 Å². The van der Waals surface area contributed by atoms with Crippen molar-refractivity contribution in [2.45, 2.75) is 71.1 Å². The van der Waals surface area contributed by atoms with E-state index in [1.54, 1.807) is 0 Å². The minimum atomic E-state index is -0.368. The van der Waals surface area contributed by atoms with Gasteiger partial charge in [0.05, 0.1) is 0 Å². The smallest absolute Gasteiger partial charge is 0.254 e. The molecule has 1 N–H and O–H groups in total. The lowest BCUT2D eigenvalue weighted by Crippen LogP contribution is -2.46. The van der Waals surface area contributed by atoms with E-state index in [9.17, 15) is 9.59 Å². The molecular formula is C31H39N3O3. The highest BCUT2D eigenvalue weighted by Gasteiger charge is 2.38. The number of ether oxygens (including phenoxy) is 1. The highest BCUT2D eigenvalue weighted by atomic mass is 16.5. The zero-order chi connectivity index (χ0) is 26.2. The Morgan fingerprint density at radius 3 is 2.22 bits per heavy atom. The number of amides is 2. The molecule has 2 fully saturated rings. The van der Waals surface area contributed by atoms with E-state index in [1.165, 1.54) is 0 Å². The fraction of sp³-hybridized carbons (Fsp3) is 0.484. The third-order valence-corrected chi connectivity index (χ3v) is 8.37. The molecule has 6 nitrogen and oxygen atoms in total. The molecule has 0 radical (unpaired) electrons. The van der Waals surface area contributed by atoms with Crippen LogP contribution in [0.2, 0.25) is 0 Å². The molecule has 3 aliphatic heterocycles. The molecule has 2 atom stereocenters. The molecular weight excluding hydrogens is 462 g/mol. The number of fused-ring (bicyclic) bond motifs is 1. The number of carbonyl (C=O) groups is 2. The SMILES string of the molecule is CCN(CC)C(=O)c1ccc(C2=CC3(CCNCC3)Oc3ccc(C(=O)N4[C@H](C)CC[C@H]4C)cc32)cc1. The van der Waals surface area contributed by atoms with Gasteiger partial charge in [-0.15, -0.1) is 0 Å². The van der Waals surface area contributed by atoms with Crippen LogP contribution in [0, 0.1) is 0 Å². The first kappa shape index (κ1) is 25.5. The van der Waals surface area contributed by atoms with Gasteiger partial charge in [0.15, 0.2) is 0 Å². The zero-order valence-electron chi connectivity index (χ0n) is 22.5. The van der Waals surface area contributed by atoms with Crippen molar-refractivity contribution in [2.75, 3.05) is 26.2 Å². The zero-order valence-corrected chi connectivity index (χ0v) is 22.5. The Morgan fingerprint density at radius 1 is 0.973 bits per heavy atom. The van der Waals surface area contributed by atoms with Crippen LogP contribution in [0.15, 0.2) is 48.5 Å². The lowest BCUT2D eigenvalue weighted by Gasteiger charge is -2.40. The van der Waals surface area contributed by atoms with Gasteiger partial charge >= 0.3 is 0 Å². The van der Waals surface area contributed by atoms with Crippen molar-refractivity contribution in [3.63, 3.8) is 0 Å². The molecule has 0 saturated carbocycles. The summed E-state index contributed by atoms with van der Waals surface area (Å²) in [5.41, 5.74) is 4.07. The largest absolute Gasteiger partial charge is 0.482 e. The van der Waals surface area contributed by atoms with Crippen LogP contribution in [0.3, 0.4) is 0 Å². The molecule has 5 rings (SSSR count). The van der Waals surface area contributed by atoms with E-state index in [1.807, 2.05) is 66.1 Å².